The summed E-state index contributed by atoms with van der Waals surface area (Å²) < 4.78 is 4.99. The fourth-order valence-electron chi connectivity index (χ4n) is 1.22. The number of nitrogen functional groups attached to an aromatic ring is 1. The third-order valence-electron chi connectivity index (χ3n) is 2.01. The number of nitrogens with one attached hydrogen (secondary N) is 2. The van der Waals surface area contributed by atoms with Crippen molar-refractivity contribution in [3.05, 3.63) is 18.2 Å². The fourth-order valence-corrected chi connectivity index (χ4v) is 1.22. The number of rotatable bonds is 4. The van der Waals surface area contributed by atoms with Crippen molar-refractivity contribution >= 4 is 35.6 Å². The van der Waals surface area contributed by atoms with Crippen LogP contribution < -0.4 is 21.1 Å². The minimum atomic E-state index is -0.315. The Hall–Kier alpha value is -1.95. The number of amides is 2. The van der Waals surface area contributed by atoms with Crippen molar-refractivity contribution < 1.29 is 14.3 Å². The van der Waals surface area contributed by atoms with E-state index in [1.165, 1.54) is 14.0 Å². The maximum atomic E-state index is 11.4. The first-order valence-corrected chi connectivity index (χ1v) is 5.00. The minimum Gasteiger partial charge on any atom is -0.495 e. The van der Waals surface area contributed by atoms with E-state index in [1.807, 2.05) is 0 Å². The van der Waals surface area contributed by atoms with Crippen LogP contribution in [-0.4, -0.2) is 25.5 Å². The first kappa shape index (κ1) is 16.1. The van der Waals surface area contributed by atoms with Gasteiger partial charge in [0.25, 0.3) is 0 Å². The van der Waals surface area contributed by atoms with Gasteiger partial charge in [0.05, 0.1) is 19.3 Å². The monoisotopic (exact) mass is 273 g/mol. The molecule has 18 heavy (non-hydrogen) atoms. The summed E-state index contributed by atoms with van der Waals surface area (Å²) in [4.78, 5) is 22.0. The average molecular weight is 274 g/mol. The topological polar surface area (TPSA) is 93.5 Å². The van der Waals surface area contributed by atoms with Gasteiger partial charge in [-0.25, -0.2) is 0 Å². The van der Waals surface area contributed by atoms with Crippen LogP contribution in [0.1, 0.15) is 6.92 Å². The molecular weight excluding hydrogens is 258 g/mol. The second-order valence-corrected chi connectivity index (χ2v) is 3.41. The molecule has 0 saturated carbocycles. The molecule has 4 N–H and O–H groups in total. The molecule has 6 nitrogen and oxygen atoms in total. The molecule has 1 aromatic rings. The molecule has 1 aromatic carbocycles. The van der Waals surface area contributed by atoms with Crippen LogP contribution in [0, 0.1) is 0 Å². The summed E-state index contributed by atoms with van der Waals surface area (Å²) in [5, 5.41) is 5.00. The molecule has 0 aliphatic carbocycles. The number of anilines is 2. The van der Waals surface area contributed by atoms with E-state index in [0.29, 0.717) is 17.1 Å². The van der Waals surface area contributed by atoms with Crippen molar-refractivity contribution in [2.24, 2.45) is 0 Å². The lowest BCUT2D eigenvalue weighted by atomic mass is 10.2. The number of benzene rings is 1. The predicted octanol–water partition coefficient (Wildman–Crippen LogP) is 0.774. The fraction of sp³-hybridized carbons (Fsp3) is 0.273. The molecule has 0 aliphatic heterocycles. The van der Waals surface area contributed by atoms with E-state index in [2.05, 4.69) is 10.6 Å². The molecule has 7 heteroatoms. The summed E-state index contributed by atoms with van der Waals surface area (Å²) >= 11 is 0. The number of ether oxygens (including phenoxy) is 1. The van der Waals surface area contributed by atoms with Gasteiger partial charge in [-0.1, -0.05) is 0 Å². The van der Waals surface area contributed by atoms with E-state index >= 15 is 0 Å². The highest BCUT2D eigenvalue weighted by atomic mass is 35.5. The second kappa shape index (κ2) is 7.39. The minimum absolute atomic E-state index is 0. The number of halogens is 1. The van der Waals surface area contributed by atoms with Gasteiger partial charge in [-0.15, -0.1) is 12.4 Å². The lowest BCUT2D eigenvalue weighted by Crippen LogP contribution is -2.31. The van der Waals surface area contributed by atoms with Crippen LogP contribution in [0.3, 0.4) is 0 Å². The lowest BCUT2D eigenvalue weighted by molar-refractivity contribution is -0.122. The quantitative estimate of drug-likeness (QED) is 0.707. The number of methoxy groups -OCH3 is 1. The Morgan fingerprint density at radius 3 is 2.56 bits per heavy atom. The Balaban J connectivity index is 0.00000289. The molecule has 1 rings (SSSR count). The Morgan fingerprint density at radius 2 is 2.06 bits per heavy atom. The van der Waals surface area contributed by atoms with Gasteiger partial charge < -0.3 is 21.1 Å². The van der Waals surface area contributed by atoms with Gasteiger partial charge >= 0.3 is 0 Å². The summed E-state index contributed by atoms with van der Waals surface area (Å²) in [5.41, 5.74) is 6.67. The lowest BCUT2D eigenvalue weighted by Gasteiger charge is -2.08. The van der Waals surface area contributed by atoms with E-state index in [1.54, 1.807) is 18.2 Å². The number of hydrogen-bond donors (Lipinski definition) is 3. The molecule has 0 bridgehead atoms. The number of carbonyl (C=O) groups excluding carboxylic acids is 2. The highest BCUT2D eigenvalue weighted by Crippen LogP contribution is 2.24. The molecule has 0 aromatic heterocycles. The van der Waals surface area contributed by atoms with Crippen molar-refractivity contribution in [1.82, 2.24) is 5.32 Å². The number of nitrogens with two attached hydrogens (primary N) is 1. The van der Waals surface area contributed by atoms with Crippen LogP contribution in [0.25, 0.3) is 0 Å². The van der Waals surface area contributed by atoms with E-state index < -0.39 is 0 Å². The van der Waals surface area contributed by atoms with Crippen molar-refractivity contribution in [3.8, 4) is 5.75 Å². The maximum absolute atomic E-state index is 11.4. The molecule has 0 atom stereocenters. The highest BCUT2D eigenvalue weighted by molar-refractivity contribution is 5.94. The summed E-state index contributed by atoms with van der Waals surface area (Å²) in [6.07, 6.45) is 0. The van der Waals surface area contributed by atoms with Crippen LogP contribution >= 0.6 is 12.4 Å². The molecule has 0 fully saturated rings. The molecular formula is C11H16ClN3O3. The Kier molecular flexibility index (Phi) is 6.59. The molecule has 0 spiro atoms. The molecule has 0 unspecified atom stereocenters. The van der Waals surface area contributed by atoms with Crippen molar-refractivity contribution in [2.45, 2.75) is 6.92 Å². The number of hydrogen-bond acceptors (Lipinski definition) is 4. The van der Waals surface area contributed by atoms with Gasteiger partial charge in [-0.05, 0) is 18.2 Å². The van der Waals surface area contributed by atoms with Crippen LogP contribution in [0.2, 0.25) is 0 Å². The Labute approximate surface area is 111 Å². The SMILES string of the molecule is COc1ccc(NC(=O)CNC(C)=O)cc1N.Cl. The van der Waals surface area contributed by atoms with Crippen molar-refractivity contribution in [2.75, 3.05) is 24.7 Å². The summed E-state index contributed by atoms with van der Waals surface area (Å²) in [7, 11) is 1.51. The molecule has 100 valence electrons. The van der Waals surface area contributed by atoms with Gasteiger partial charge in [-0.3, -0.25) is 9.59 Å². The van der Waals surface area contributed by atoms with Crippen LogP contribution in [0.5, 0.6) is 5.75 Å². The van der Waals surface area contributed by atoms with Gasteiger partial charge in [0.1, 0.15) is 5.75 Å². The first-order chi connectivity index (χ1) is 8.02. The van der Waals surface area contributed by atoms with Crippen molar-refractivity contribution in [1.29, 1.82) is 0 Å². The van der Waals surface area contributed by atoms with Gasteiger partial charge in [0, 0.05) is 12.6 Å². The molecule has 0 radical (unpaired) electrons. The number of carbonyl (C=O) groups is 2. The summed E-state index contributed by atoms with van der Waals surface area (Å²) in [6.45, 7) is 1.28. The standard InChI is InChI=1S/C11H15N3O3.ClH/c1-7(15)13-6-11(16)14-8-3-4-10(17-2)9(12)5-8;/h3-5H,6,12H2,1-2H3,(H,13,15)(H,14,16);1H. The van der Waals surface area contributed by atoms with E-state index in [4.69, 9.17) is 10.5 Å². The zero-order chi connectivity index (χ0) is 12.8. The molecule has 0 saturated heterocycles. The van der Waals surface area contributed by atoms with Crippen LogP contribution in [0.4, 0.5) is 11.4 Å². The molecule has 0 heterocycles. The van der Waals surface area contributed by atoms with Crippen LogP contribution in [-0.2, 0) is 9.59 Å². The molecule has 0 aliphatic rings. The normalized spacial score (nSPS) is 9.00. The third-order valence-corrected chi connectivity index (χ3v) is 2.01. The second-order valence-electron chi connectivity index (χ2n) is 3.41. The average Bonchev–Trinajstić information content (AvgIpc) is 2.26. The van der Waals surface area contributed by atoms with Crippen LogP contribution in [0.15, 0.2) is 18.2 Å². The van der Waals surface area contributed by atoms with Gasteiger partial charge in [0.15, 0.2) is 0 Å². The van der Waals surface area contributed by atoms with E-state index in [0.717, 1.165) is 0 Å². The zero-order valence-corrected chi connectivity index (χ0v) is 11.0. The Bertz CT molecular complexity index is 438. The summed E-state index contributed by atoms with van der Waals surface area (Å²) in [5.74, 6) is -0.0241. The van der Waals surface area contributed by atoms with E-state index in [9.17, 15) is 9.59 Å². The van der Waals surface area contributed by atoms with Gasteiger partial charge in [0.2, 0.25) is 11.8 Å². The highest BCUT2D eigenvalue weighted by Gasteiger charge is 2.05. The van der Waals surface area contributed by atoms with Crippen molar-refractivity contribution in [3.63, 3.8) is 0 Å². The Morgan fingerprint density at radius 1 is 1.39 bits per heavy atom. The zero-order valence-electron chi connectivity index (χ0n) is 10.1. The first-order valence-electron chi connectivity index (χ1n) is 5.00. The largest absolute Gasteiger partial charge is 0.495 e. The smallest absolute Gasteiger partial charge is 0.243 e. The van der Waals surface area contributed by atoms with Gasteiger partial charge in [-0.2, -0.15) is 0 Å². The third kappa shape index (κ3) is 4.92. The summed E-state index contributed by atoms with van der Waals surface area (Å²) in [6, 6.07) is 4.91. The predicted molar refractivity (Wildman–Crippen MR) is 72.0 cm³/mol. The maximum Gasteiger partial charge on any atom is 0.243 e. The molecule has 2 amide bonds. The van der Waals surface area contributed by atoms with E-state index in [-0.39, 0.29) is 30.8 Å².